The summed E-state index contributed by atoms with van der Waals surface area (Å²) in [5.41, 5.74) is 2.64. The van der Waals surface area contributed by atoms with E-state index < -0.39 is 0 Å². The highest BCUT2D eigenvalue weighted by Crippen LogP contribution is 2.22. The summed E-state index contributed by atoms with van der Waals surface area (Å²) in [7, 11) is 0. The van der Waals surface area contributed by atoms with Gasteiger partial charge in [-0.3, -0.25) is 0 Å². The molecule has 0 aliphatic carbocycles. The first-order chi connectivity index (χ1) is 8.70. The first-order valence-electron chi connectivity index (χ1n) is 6.29. The van der Waals surface area contributed by atoms with Gasteiger partial charge in [-0.05, 0) is 25.8 Å². The maximum atomic E-state index is 4.25. The van der Waals surface area contributed by atoms with E-state index in [9.17, 15) is 0 Å². The molecular weight excluding hydrogens is 242 g/mol. The molecule has 0 spiro atoms. The van der Waals surface area contributed by atoms with Crippen LogP contribution in [-0.4, -0.2) is 14.8 Å². The summed E-state index contributed by atoms with van der Waals surface area (Å²) in [5.74, 6) is 1.95. The number of nitrogens with zero attached hydrogens (tertiary/aromatic N) is 3. The fraction of sp³-hybridized carbons (Fsp3) is 0.429. The van der Waals surface area contributed by atoms with Crippen LogP contribution in [0, 0.1) is 13.8 Å². The summed E-state index contributed by atoms with van der Waals surface area (Å²) in [6, 6.07) is 8.61. The Morgan fingerprint density at radius 2 is 2.06 bits per heavy atom. The van der Waals surface area contributed by atoms with Gasteiger partial charge in [0.2, 0.25) is 0 Å². The van der Waals surface area contributed by atoms with E-state index in [1.54, 1.807) is 11.8 Å². The van der Waals surface area contributed by atoms with Crippen LogP contribution in [-0.2, 0) is 12.3 Å². The van der Waals surface area contributed by atoms with E-state index in [4.69, 9.17) is 0 Å². The summed E-state index contributed by atoms with van der Waals surface area (Å²) in [6.45, 7) is 7.31. The molecule has 4 heteroatoms. The molecular formula is C14H19N3S. The van der Waals surface area contributed by atoms with Crippen LogP contribution >= 0.6 is 11.8 Å². The van der Waals surface area contributed by atoms with Crippen molar-refractivity contribution in [2.75, 3.05) is 0 Å². The van der Waals surface area contributed by atoms with E-state index in [1.165, 1.54) is 11.1 Å². The van der Waals surface area contributed by atoms with Crippen LogP contribution in [0.15, 0.2) is 29.4 Å². The van der Waals surface area contributed by atoms with Gasteiger partial charge in [0.1, 0.15) is 5.82 Å². The third kappa shape index (κ3) is 3.13. The largest absolute Gasteiger partial charge is 0.306 e. The van der Waals surface area contributed by atoms with Gasteiger partial charge in [0.05, 0.1) is 0 Å². The molecule has 0 saturated carbocycles. The molecule has 0 unspecified atom stereocenters. The van der Waals surface area contributed by atoms with E-state index in [0.29, 0.717) is 0 Å². The Balaban J connectivity index is 2.06. The van der Waals surface area contributed by atoms with Gasteiger partial charge in [-0.2, -0.15) is 0 Å². The second-order valence-electron chi connectivity index (χ2n) is 4.46. The Kier molecular flexibility index (Phi) is 4.42. The van der Waals surface area contributed by atoms with Gasteiger partial charge in [-0.15, -0.1) is 10.2 Å². The monoisotopic (exact) mass is 261 g/mol. The number of aryl methyl sites for hydroxylation is 2. The molecule has 0 bridgehead atoms. The lowest BCUT2D eigenvalue weighted by Gasteiger charge is -2.06. The summed E-state index contributed by atoms with van der Waals surface area (Å²) in [6.07, 6.45) is 1.11. The zero-order chi connectivity index (χ0) is 13.0. The van der Waals surface area contributed by atoms with Gasteiger partial charge in [0.25, 0.3) is 0 Å². The van der Waals surface area contributed by atoms with Crippen molar-refractivity contribution in [3.63, 3.8) is 0 Å². The van der Waals surface area contributed by atoms with Gasteiger partial charge in [0.15, 0.2) is 5.16 Å². The number of hydrogen-bond acceptors (Lipinski definition) is 3. The van der Waals surface area contributed by atoms with Crippen LogP contribution in [0.25, 0.3) is 0 Å². The van der Waals surface area contributed by atoms with E-state index in [0.717, 1.165) is 29.7 Å². The Labute approximate surface area is 113 Å². The van der Waals surface area contributed by atoms with Crippen LogP contribution < -0.4 is 0 Å². The van der Waals surface area contributed by atoms with Crippen molar-refractivity contribution < 1.29 is 0 Å². The van der Waals surface area contributed by atoms with Gasteiger partial charge < -0.3 is 4.57 Å². The predicted octanol–water partition coefficient (Wildman–Crippen LogP) is 3.60. The summed E-state index contributed by atoms with van der Waals surface area (Å²) in [5, 5.41) is 9.43. The fourth-order valence-electron chi connectivity index (χ4n) is 1.90. The standard InChI is InChI=1S/C14H19N3S/c1-4-8-17-12(3)15-16-14(17)18-10-13-7-5-6-11(2)9-13/h5-7,9H,4,8,10H2,1-3H3. The molecule has 0 saturated heterocycles. The summed E-state index contributed by atoms with van der Waals surface area (Å²) >= 11 is 1.76. The quantitative estimate of drug-likeness (QED) is 0.771. The SMILES string of the molecule is CCCn1c(C)nnc1SCc1cccc(C)c1. The first-order valence-corrected chi connectivity index (χ1v) is 7.27. The lowest BCUT2D eigenvalue weighted by Crippen LogP contribution is -2.01. The van der Waals surface area contributed by atoms with Crippen LogP contribution in [0.4, 0.5) is 0 Å². The molecule has 0 aliphatic heterocycles. The van der Waals surface area contributed by atoms with Crippen LogP contribution in [0.1, 0.15) is 30.3 Å². The number of benzene rings is 1. The second kappa shape index (κ2) is 6.05. The summed E-state index contributed by atoms with van der Waals surface area (Å²) in [4.78, 5) is 0. The Bertz CT molecular complexity index is 520. The van der Waals surface area contributed by atoms with Gasteiger partial charge >= 0.3 is 0 Å². The second-order valence-corrected chi connectivity index (χ2v) is 5.40. The van der Waals surface area contributed by atoms with Crippen LogP contribution in [0.2, 0.25) is 0 Å². The van der Waals surface area contributed by atoms with E-state index in [1.807, 2.05) is 6.92 Å². The maximum Gasteiger partial charge on any atom is 0.191 e. The highest BCUT2D eigenvalue weighted by molar-refractivity contribution is 7.98. The van der Waals surface area contributed by atoms with Crippen LogP contribution in [0.3, 0.4) is 0 Å². The van der Waals surface area contributed by atoms with Gasteiger partial charge in [-0.1, -0.05) is 48.5 Å². The lowest BCUT2D eigenvalue weighted by molar-refractivity contribution is 0.605. The van der Waals surface area contributed by atoms with Crippen LogP contribution in [0.5, 0.6) is 0 Å². The number of thioether (sulfide) groups is 1. The van der Waals surface area contributed by atoms with Crippen molar-refractivity contribution in [2.45, 2.75) is 44.6 Å². The molecule has 0 aliphatic rings. The number of rotatable bonds is 5. The average molecular weight is 261 g/mol. The van der Waals surface area contributed by atoms with Crippen molar-refractivity contribution in [3.05, 3.63) is 41.2 Å². The minimum atomic E-state index is 0.948. The number of hydrogen-bond donors (Lipinski definition) is 0. The van der Waals surface area contributed by atoms with Crippen molar-refractivity contribution in [1.29, 1.82) is 0 Å². The highest BCUT2D eigenvalue weighted by atomic mass is 32.2. The molecule has 0 fully saturated rings. The maximum absolute atomic E-state index is 4.25. The van der Waals surface area contributed by atoms with Crippen molar-refractivity contribution in [3.8, 4) is 0 Å². The minimum Gasteiger partial charge on any atom is -0.306 e. The molecule has 2 rings (SSSR count). The van der Waals surface area contributed by atoms with Crippen molar-refractivity contribution in [2.24, 2.45) is 0 Å². The molecule has 2 aromatic rings. The zero-order valence-corrected chi connectivity index (χ0v) is 12.0. The molecule has 1 heterocycles. The highest BCUT2D eigenvalue weighted by Gasteiger charge is 2.08. The Morgan fingerprint density at radius 3 is 2.78 bits per heavy atom. The smallest absolute Gasteiger partial charge is 0.191 e. The van der Waals surface area contributed by atoms with Gasteiger partial charge in [0, 0.05) is 12.3 Å². The Hall–Kier alpha value is -1.29. The molecule has 0 atom stereocenters. The molecule has 0 amide bonds. The molecule has 96 valence electrons. The molecule has 18 heavy (non-hydrogen) atoms. The van der Waals surface area contributed by atoms with Gasteiger partial charge in [-0.25, -0.2) is 0 Å². The van der Waals surface area contributed by atoms with Crippen molar-refractivity contribution >= 4 is 11.8 Å². The molecule has 0 N–H and O–H groups in total. The zero-order valence-electron chi connectivity index (χ0n) is 11.2. The lowest BCUT2D eigenvalue weighted by atomic mass is 10.2. The third-order valence-corrected chi connectivity index (χ3v) is 3.84. The molecule has 1 aromatic carbocycles. The summed E-state index contributed by atoms with van der Waals surface area (Å²) < 4.78 is 2.19. The van der Waals surface area contributed by atoms with E-state index in [-0.39, 0.29) is 0 Å². The van der Waals surface area contributed by atoms with Crippen molar-refractivity contribution in [1.82, 2.24) is 14.8 Å². The average Bonchev–Trinajstić information content (AvgIpc) is 2.69. The number of aromatic nitrogens is 3. The third-order valence-electron chi connectivity index (χ3n) is 2.80. The topological polar surface area (TPSA) is 30.7 Å². The normalized spacial score (nSPS) is 10.8. The minimum absolute atomic E-state index is 0.948. The predicted molar refractivity (Wildman–Crippen MR) is 75.8 cm³/mol. The molecule has 0 radical (unpaired) electrons. The Morgan fingerprint density at radius 1 is 1.22 bits per heavy atom. The molecule has 1 aromatic heterocycles. The van der Waals surface area contributed by atoms with E-state index >= 15 is 0 Å². The first kappa shape index (κ1) is 13.1. The fourth-order valence-corrected chi connectivity index (χ4v) is 2.85. The molecule has 3 nitrogen and oxygen atoms in total. The van der Waals surface area contributed by atoms with E-state index in [2.05, 4.69) is 52.9 Å².